The standard InChI is InChI=1S/C9H14O2/c1-3-8-7-9(10,4-2)5-6-11-8/h2,8,10H,3,5-7H2,1H3. The first-order valence-corrected chi connectivity index (χ1v) is 4.02. The zero-order valence-corrected chi connectivity index (χ0v) is 6.84. The van der Waals surface area contributed by atoms with Crippen molar-refractivity contribution < 1.29 is 9.84 Å². The predicted molar refractivity (Wildman–Crippen MR) is 43.0 cm³/mol. The van der Waals surface area contributed by atoms with Gasteiger partial charge in [0.15, 0.2) is 0 Å². The maximum absolute atomic E-state index is 9.67. The first-order chi connectivity index (χ1) is 5.20. The number of rotatable bonds is 1. The van der Waals surface area contributed by atoms with Crippen LogP contribution in [-0.2, 0) is 4.74 Å². The molecule has 0 radical (unpaired) electrons. The fourth-order valence-corrected chi connectivity index (χ4v) is 1.33. The molecule has 0 aromatic heterocycles. The van der Waals surface area contributed by atoms with Crippen LogP contribution in [0.1, 0.15) is 26.2 Å². The van der Waals surface area contributed by atoms with Crippen LogP contribution in [0.25, 0.3) is 0 Å². The number of hydrogen-bond donors (Lipinski definition) is 1. The fourth-order valence-electron chi connectivity index (χ4n) is 1.33. The molecule has 2 atom stereocenters. The topological polar surface area (TPSA) is 29.5 Å². The molecule has 0 aromatic carbocycles. The van der Waals surface area contributed by atoms with E-state index < -0.39 is 5.60 Å². The van der Waals surface area contributed by atoms with Crippen LogP contribution in [0.4, 0.5) is 0 Å². The van der Waals surface area contributed by atoms with E-state index in [1.165, 1.54) is 0 Å². The fraction of sp³-hybridized carbons (Fsp3) is 0.778. The SMILES string of the molecule is C#CC1(O)CCOC(CC)C1. The summed E-state index contributed by atoms with van der Waals surface area (Å²) in [4.78, 5) is 0. The first kappa shape index (κ1) is 8.58. The molecule has 0 aromatic rings. The predicted octanol–water partition coefficient (Wildman–Crippen LogP) is 0.940. The smallest absolute Gasteiger partial charge is 0.129 e. The van der Waals surface area contributed by atoms with Crippen molar-refractivity contribution in [1.29, 1.82) is 0 Å². The molecular weight excluding hydrogens is 140 g/mol. The Morgan fingerprint density at radius 1 is 1.82 bits per heavy atom. The molecule has 1 rings (SSSR count). The highest BCUT2D eigenvalue weighted by Gasteiger charge is 2.32. The molecule has 11 heavy (non-hydrogen) atoms. The molecule has 1 aliphatic rings. The van der Waals surface area contributed by atoms with Crippen LogP contribution in [0.5, 0.6) is 0 Å². The molecule has 1 heterocycles. The van der Waals surface area contributed by atoms with Gasteiger partial charge < -0.3 is 9.84 Å². The van der Waals surface area contributed by atoms with Crippen LogP contribution in [0.15, 0.2) is 0 Å². The zero-order valence-electron chi connectivity index (χ0n) is 6.84. The van der Waals surface area contributed by atoms with Crippen LogP contribution >= 0.6 is 0 Å². The third kappa shape index (κ3) is 1.95. The molecule has 0 bridgehead atoms. The van der Waals surface area contributed by atoms with Crippen molar-refractivity contribution >= 4 is 0 Å². The van der Waals surface area contributed by atoms with Gasteiger partial charge in [-0.3, -0.25) is 0 Å². The Balaban J connectivity index is 2.53. The number of terminal acetylenes is 1. The molecule has 0 aliphatic carbocycles. The maximum atomic E-state index is 9.67. The molecule has 1 N–H and O–H groups in total. The van der Waals surface area contributed by atoms with Crippen molar-refractivity contribution in [1.82, 2.24) is 0 Å². The van der Waals surface area contributed by atoms with Crippen LogP contribution in [0, 0.1) is 12.3 Å². The van der Waals surface area contributed by atoms with Gasteiger partial charge in [0.2, 0.25) is 0 Å². The van der Waals surface area contributed by atoms with Crippen LogP contribution in [0.2, 0.25) is 0 Å². The number of ether oxygens (including phenoxy) is 1. The van der Waals surface area contributed by atoms with Gasteiger partial charge in [0.25, 0.3) is 0 Å². The lowest BCUT2D eigenvalue weighted by molar-refractivity contribution is -0.0747. The third-order valence-corrected chi connectivity index (χ3v) is 2.16. The van der Waals surface area contributed by atoms with Gasteiger partial charge in [-0.05, 0) is 6.42 Å². The molecule has 1 fully saturated rings. The van der Waals surface area contributed by atoms with Gasteiger partial charge in [-0.2, -0.15) is 0 Å². The zero-order chi connectivity index (χ0) is 8.32. The van der Waals surface area contributed by atoms with Gasteiger partial charge in [0.05, 0.1) is 12.7 Å². The first-order valence-electron chi connectivity index (χ1n) is 4.02. The summed E-state index contributed by atoms with van der Waals surface area (Å²) in [5.74, 6) is 2.42. The highest BCUT2D eigenvalue weighted by molar-refractivity contribution is 5.09. The van der Waals surface area contributed by atoms with E-state index >= 15 is 0 Å². The van der Waals surface area contributed by atoms with E-state index in [9.17, 15) is 5.11 Å². The molecule has 1 aliphatic heterocycles. The quantitative estimate of drug-likeness (QED) is 0.569. The summed E-state index contributed by atoms with van der Waals surface area (Å²) in [7, 11) is 0. The molecule has 0 spiro atoms. The van der Waals surface area contributed by atoms with Crippen LogP contribution in [-0.4, -0.2) is 23.4 Å². The maximum Gasteiger partial charge on any atom is 0.129 e. The Morgan fingerprint density at radius 2 is 2.55 bits per heavy atom. The van der Waals surface area contributed by atoms with Crippen molar-refractivity contribution in [2.24, 2.45) is 0 Å². The van der Waals surface area contributed by atoms with E-state index in [-0.39, 0.29) is 6.10 Å². The van der Waals surface area contributed by atoms with Crippen molar-refractivity contribution in [2.45, 2.75) is 37.9 Å². The second kappa shape index (κ2) is 3.25. The van der Waals surface area contributed by atoms with E-state index in [1.807, 2.05) is 6.92 Å². The molecule has 2 nitrogen and oxygen atoms in total. The third-order valence-electron chi connectivity index (χ3n) is 2.16. The minimum atomic E-state index is -0.904. The second-order valence-electron chi connectivity index (χ2n) is 3.03. The molecule has 2 unspecified atom stereocenters. The highest BCUT2D eigenvalue weighted by atomic mass is 16.5. The van der Waals surface area contributed by atoms with Gasteiger partial charge in [0, 0.05) is 12.8 Å². The Morgan fingerprint density at radius 3 is 3.09 bits per heavy atom. The summed E-state index contributed by atoms with van der Waals surface area (Å²) < 4.78 is 5.37. The Hall–Kier alpha value is -0.520. The van der Waals surface area contributed by atoms with Gasteiger partial charge in [-0.1, -0.05) is 12.8 Å². The lowest BCUT2D eigenvalue weighted by atomic mass is 9.90. The number of aliphatic hydroxyl groups is 1. The average Bonchev–Trinajstić information content (AvgIpc) is 2.05. The average molecular weight is 154 g/mol. The molecular formula is C9H14O2. The van der Waals surface area contributed by atoms with Crippen LogP contribution < -0.4 is 0 Å². The van der Waals surface area contributed by atoms with Gasteiger partial charge in [-0.25, -0.2) is 0 Å². The summed E-state index contributed by atoms with van der Waals surface area (Å²) in [6, 6.07) is 0. The van der Waals surface area contributed by atoms with Gasteiger partial charge in [-0.15, -0.1) is 6.42 Å². The summed E-state index contributed by atoms with van der Waals surface area (Å²) >= 11 is 0. The van der Waals surface area contributed by atoms with Crippen molar-refractivity contribution in [3.8, 4) is 12.3 Å². The highest BCUT2D eigenvalue weighted by Crippen LogP contribution is 2.25. The summed E-state index contributed by atoms with van der Waals surface area (Å²) in [5, 5.41) is 9.67. The molecule has 2 heteroatoms. The van der Waals surface area contributed by atoms with E-state index in [0.29, 0.717) is 19.4 Å². The van der Waals surface area contributed by atoms with E-state index in [1.54, 1.807) is 0 Å². The van der Waals surface area contributed by atoms with Crippen molar-refractivity contribution in [3.63, 3.8) is 0 Å². The van der Waals surface area contributed by atoms with Crippen LogP contribution in [0.3, 0.4) is 0 Å². The van der Waals surface area contributed by atoms with Crippen molar-refractivity contribution in [2.75, 3.05) is 6.61 Å². The van der Waals surface area contributed by atoms with E-state index in [0.717, 1.165) is 6.42 Å². The Kier molecular flexibility index (Phi) is 2.53. The molecule has 62 valence electrons. The minimum Gasteiger partial charge on any atom is -0.378 e. The minimum absolute atomic E-state index is 0.143. The molecule has 1 saturated heterocycles. The summed E-state index contributed by atoms with van der Waals surface area (Å²) in [6.07, 6.45) is 7.42. The summed E-state index contributed by atoms with van der Waals surface area (Å²) in [6.45, 7) is 2.62. The normalized spacial score (nSPS) is 38.1. The Bertz CT molecular complexity index is 171. The van der Waals surface area contributed by atoms with Gasteiger partial charge >= 0.3 is 0 Å². The van der Waals surface area contributed by atoms with E-state index in [4.69, 9.17) is 11.2 Å². The molecule has 0 saturated carbocycles. The lowest BCUT2D eigenvalue weighted by Gasteiger charge is -2.32. The summed E-state index contributed by atoms with van der Waals surface area (Å²) in [5.41, 5.74) is -0.904. The molecule has 0 amide bonds. The Labute approximate surface area is 67.6 Å². The van der Waals surface area contributed by atoms with Crippen molar-refractivity contribution in [3.05, 3.63) is 0 Å². The van der Waals surface area contributed by atoms with E-state index in [2.05, 4.69) is 5.92 Å². The lowest BCUT2D eigenvalue weighted by Crippen LogP contribution is -2.39. The second-order valence-corrected chi connectivity index (χ2v) is 3.03. The van der Waals surface area contributed by atoms with Gasteiger partial charge in [0.1, 0.15) is 5.60 Å². The largest absolute Gasteiger partial charge is 0.378 e. The number of hydrogen-bond acceptors (Lipinski definition) is 2. The monoisotopic (exact) mass is 154 g/mol.